The second-order valence-corrected chi connectivity index (χ2v) is 7.60. The SMILES string of the molecule is O=C(OCC1CC2C=CC1C2)c1ccc2c(c1)-c1ccccc1C(=O)C2=O. The van der Waals surface area contributed by atoms with E-state index < -0.39 is 11.6 Å². The summed E-state index contributed by atoms with van der Waals surface area (Å²) >= 11 is 0. The lowest BCUT2D eigenvalue weighted by Crippen LogP contribution is -2.22. The first-order valence-electron chi connectivity index (χ1n) is 9.30. The van der Waals surface area contributed by atoms with E-state index in [0.717, 1.165) is 6.42 Å². The van der Waals surface area contributed by atoms with Gasteiger partial charge in [0.1, 0.15) is 0 Å². The van der Waals surface area contributed by atoms with Gasteiger partial charge in [-0.25, -0.2) is 4.79 Å². The average molecular weight is 358 g/mol. The highest BCUT2D eigenvalue weighted by atomic mass is 16.5. The Kier molecular flexibility index (Phi) is 3.61. The number of fused-ring (bicyclic) bond motifs is 5. The molecule has 1 saturated carbocycles. The molecule has 2 aromatic carbocycles. The van der Waals surface area contributed by atoms with Crippen LogP contribution in [0, 0.1) is 17.8 Å². The lowest BCUT2D eigenvalue weighted by molar-refractivity contribution is 0.0420. The molecule has 3 aliphatic carbocycles. The maximum Gasteiger partial charge on any atom is 0.338 e. The van der Waals surface area contributed by atoms with Crippen molar-refractivity contribution in [2.24, 2.45) is 17.8 Å². The van der Waals surface area contributed by atoms with Gasteiger partial charge in [0.2, 0.25) is 11.6 Å². The quantitative estimate of drug-likeness (QED) is 0.471. The van der Waals surface area contributed by atoms with Crippen LogP contribution in [0.1, 0.15) is 43.9 Å². The van der Waals surface area contributed by atoms with Crippen LogP contribution in [0.2, 0.25) is 0 Å². The Morgan fingerprint density at radius 3 is 2.33 bits per heavy atom. The summed E-state index contributed by atoms with van der Waals surface area (Å²) in [5.74, 6) is 0.160. The van der Waals surface area contributed by atoms with Crippen LogP contribution in [-0.2, 0) is 4.74 Å². The van der Waals surface area contributed by atoms with Crippen molar-refractivity contribution in [2.45, 2.75) is 12.8 Å². The fourth-order valence-electron chi connectivity index (χ4n) is 4.60. The van der Waals surface area contributed by atoms with Crippen LogP contribution in [0.4, 0.5) is 0 Å². The third-order valence-electron chi connectivity index (χ3n) is 6.01. The third-order valence-corrected chi connectivity index (χ3v) is 6.01. The van der Waals surface area contributed by atoms with Crippen LogP contribution in [0.15, 0.2) is 54.6 Å². The van der Waals surface area contributed by atoms with Crippen LogP contribution >= 0.6 is 0 Å². The summed E-state index contributed by atoms with van der Waals surface area (Å²) in [7, 11) is 0. The molecule has 134 valence electrons. The van der Waals surface area contributed by atoms with Crippen LogP contribution in [-0.4, -0.2) is 24.1 Å². The second kappa shape index (κ2) is 6.02. The summed E-state index contributed by atoms with van der Waals surface area (Å²) in [5, 5.41) is 0. The molecule has 0 radical (unpaired) electrons. The summed E-state index contributed by atoms with van der Waals surface area (Å²) < 4.78 is 5.57. The normalized spacial score (nSPS) is 24.7. The molecule has 5 rings (SSSR count). The van der Waals surface area contributed by atoms with Gasteiger partial charge in [-0.15, -0.1) is 0 Å². The number of allylic oxidation sites excluding steroid dienone is 2. The lowest BCUT2D eigenvalue weighted by atomic mass is 9.83. The highest BCUT2D eigenvalue weighted by molar-refractivity contribution is 6.53. The predicted octanol–water partition coefficient (Wildman–Crippen LogP) is 4.10. The molecule has 0 aliphatic heterocycles. The summed E-state index contributed by atoms with van der Waals surface area (Å²) in [4.78, 5) is 37.2. The molecule has 2 aromatic rings. The van der Waals surface area contributed by atoms with E-state index in [0.29, 0.717) is 52.2 Å². The summed E-state index contributed by atoms with van der Waals surface area (Å²) in [6.45, 7) is 0.426. The fourth-order valence-corrected chi connectivity index (χ4v) is 4.60. The zero-order chi connectivity index (χ0) is 18.5. The zero-order valence-electron chi connectivity index (χ0n) is 14.7. The van der Waals surface area contributed by atoms with E-state index in [1.54, 1.807) is 36.4 Å². The number of hydrogen-bond acceptors (Lipinski definition) is 4. The molecule has 4 heteroatoms. The summed E-state index contributed by atoms with van der Waals surface area (Å²) in [5.41, 5.74) is 2.43. The minimum absolute atomic E-state index is 0.341. The molecule has 0 saturated heterocycles. The molecule has 0 N–H and O–H groups in total. The van der Waals surface area contributed by atoms with Crippen LogP contribution < -0.4 is 0 Å². The Balaban J connectivity index is 1.41. The molecule has 27 heavy (non-hydrogen) atoms. The van der Waals surface area contributed by atoms with Gasteiger partial charge >= 0.3 is 5.97 Å². The first-order valence-corrected chi connectivity index (χ1v) is 9.30. The summed E-state index contributed by atoms with van der Waals surface area (Å²) in [6, 6.07) is 11.8. The van der Waals surface area contributed by atoms with Crippen molar-refractivity contribution in [1.29, 1.82) is 0 Å². The highest BCUT2D eigenvalue weighted by Crippen LogP contribution is 2.43. The van der Waals surface area contributed by atoms with Gasteiger partial charge in [0.05, 0.1) is 12.2 Å². The molecule has 2 bridgehead atoms. The van der Waals surface area contributed by atoms with E-state index in [9.17, 15) is 14.4 Å². The van der Waals surface area contributed by atoms with E-state index >= 15 is 0 Å². The molecular formula is C23H18O4. The van der Waals surface area contributed by atoms with Gasteiger partial charge in [-0.2, -0.15) is 0 Å². The van der Waals surface area contributed by atoms with Crippen molar-refractivity contribution < 1.29 is 19.1 Å². The predicted molar refractivity (Wildman–Crippen MR) is 99.7 cm³/mol. The van der Waals surface area contributed by atoms with E-state index in [4.69, 9.17) is 4.74 Å². The fraction of sp³-hybridized carbons (Fsp3) is 0.261. The lowest BCUT2D eigenvalue weighted by Gasteiger charge is -2.19. The largest absolute Gasteiger partial charge is 0.462 e. The van der Waals surface area contributed by atoms with Crippen molar-refractivity contribution in [1.82, 2.24) is 0 Å². The number of ether oxygens (including phenoxy) is 1. The standard InChI is InChI=1S/C23H18O4/c24-21-18-4-2-1-3-17(18)20-11-15(7-8-19(20)22(21)25)23(26)27-12-16-10-13-5-6-14(16)9-13/h1-8,11,13-14,16H,9-10,12H2. The van der Waals surface area contributed by atoms with Gasteiger partial charge in [0, 0.05) is 11.1 Å². The van der Waals surface area contributed by atoms with E-state index in [1.807, 2.05) is 6.07 Å². The number of Topliss-reactive ketones (excluding diaryl/α,β-unsaturated/α-hetero) is 2. The Bertz CT molecular complexity index is 1020. The number of rotatable bonds is 3. The van der Waals surface area contributed by atoms with E-state index in [-0.39, 0.29) is 5.97 Å². The van der Waals surface area contributed by atoms with E-state index in [2.05, 4.69) is 12.2 Å². The maximum absolute atomic E-state index is 12.6. The van der Waals surface area contributed by atoms with Gasteiger partial charge in [-0.3, -0.25) is 9.59 Å². The van der Waals surface area contributed by atoms with Crippen molar-refractivity contribution in [2.75, 3.05) is 6.61 Å². The zero-order valence-corrected chi connectivity index (χ0v) is 14.7. The monoisotopic (exact) mass is 358 g/mol. The van der Waals surface area contributed by atoms with Gasteiger partial charge in [0.15, 0.2) is 0 Å². The molecule has 0 heterocycles. The Labute approximate surface area is 156 Å². The van der Waals surface area contributed by atoms with Gasteiger partial charge in [-0.05, 0) is 59.9 Å². The van der Waals surface area contributed by atoms with Crippen molar-refractivity contribution >= 4 is 17.5 Å². The van der Waals surface area contributed by atoms with Crippen molar-refractivity contribution in [3.63, 3.8) is 0 Å². The van der Waals surface area contributed by atoms with Crippen LogP contribution in [0.3, 0.4) is 0 Å². The number of hydrogen-bond donors (Lipinski definition) is 0. The highest BCUT2D eigenvalue weighted by Gasteiger charge is 2.36. The molecule has 3 atom stereocenters. The van der Waals surface area contributed by atoms with Gasteiger partial charge < -0.3 is 4.74 Å². The first-order chi connectivity index (χ1) is 13.1. The minimum Gasteiger partial charge on any atom is -0.462 e. The molecule has 0 spiro atoms. The molecule has 3 unspecified atom stereocenters. The molecule has 3 aliphatic rings. The Morgan fingerprint density at radius 1 is 0.889 bits per heavy atom. The Hall–Kier alpha value is -3.01. The number of carbonyl (C=O) groups is 3. The number of esters is 1. The van der Waals surface area contributed by atoms with Crippen LogP contribution in [0.5, 0.6) is 0 Å². The molecular weight excluding hydrogens is 340 g/mol. The smallest absolute Gasteiger partial charge is 0.338 e. The van der Waals surface area contributed by atoms with Crippen molar-refractivity contribution in [3.05, 3.63) is 71.3 Å². The minimum atomic E-state index is -0.530. The number of ketones is 2. The third kappa shape index (κ3) is 2.55. The van der Waals surface area contributed by atoms with Gasteiger partial charge in [-0.1, -0.05) is 36.4 Å². The maximum atomic E-state index is 12.6. The van der Waals surface area contributed by atoms with Crippen molar-refractivity contribution in [3.8, 4) is 11.1 Å². The number of benzene rings is 2. The first kappa shape index (κ1) is 16.2. The van der Waals surface area contributed by atoms with Crippen LogP contribution in [0.25, 0.3) is 11.1 Å². The number of carbonyl (C=O) groups excluding carboxylic acids is 3. The topological polar surface area (TPSA) is 60.4 Å². The second-order valence-electron chi connectivity index (χ2n) is 7.60. The molecule has 4 nitrogen and oxygen atoms in total. The molecule has 1 fully saturated rings. The molecule has 0 aromatic heterocycles. The van der Waals surface area contributed by atoms with Gasteiger partial charge in [0.25, 0.3) is 0 Å². The summed E-state index contributed by atoms with van der Waals surface area (Å²) in [6.07, 6.45) is 6.77. The Morgan fingerprint density at radius 2 is 1.63 bits per heavy atom. The molecule has 0 amide bonds. The van der Waals surface area contributed by atoms with E-state index in [1.165, 1.54) is 6.42 Å². The average Bonchev–Trinajstić information content (AvgIpc) is 3.33.